The molecule has 1 atom stereocenters. The lowest BCUT2D eigenvalue weighted by Gasteiger charge is -2.37. The maximum atomic E-state index is 12.3. The van der Waals surface area contributed by atoms with E-state index in [1.165, 1.54) is 30.4 Å². The van der Waals surface area contributed by atoms with Crippen molar-refractivity contribution in [3.63, 3.8) is 0 Å². The summed E-state index contributed by atoms with van der Waals surface area (Å²) in [5.74, 6) is 0.146. The number of rotatable bonds is 4. The van der Waals surface area contributed by atoms with Crippen molar-refractivity contribution in [1.82, 2.24) is 5.32 Å². The fourth-order valence-corrected chi connectivity index (χ4v) is 3.58. The summed E-state index contributed by atoms with van der Waals surface area (Å²) in [7, 11) is 0. The molecule has 2 N–H and O–H groups in total. The average Bonchev–Trinajstić information content (AvgIpc) is 2.47. The molecule has 0 heterocycles. The molecule has 1 fully saturated rings. The lowest BCUT2D eigenvalue weighted by molar-refractivity contribution is -0.123. The van der Waals surface area contributed by atoms with Gasteiger partial charge in [-0.25, -0.2) is 0 Å². The lowest BCUT2D eigenvalue weighted by Crippen LogP contribution is -2.44. The summed E-state index contributed by atoms with van der Waals surface area (Å²) in [6.07, 6.45) is 6.52. The molecule has 0 aromatic heterocycles. The first-order valence-corrected chi connectivity index (χ1v) is 7.70. The zero-order valence-corrected chi connectivity index (χ0v) is 11.9. The molecule has 1 amide bonds. The SMILES string of the molecule is O=C(NCC1(CO)CCCCC1)C1Cc2ccccc21. The van der Waals surface area contributed by atoms with Crippen LogP contribution in [0.5, 0.6) is 0 Å². The Hall–Kier alpha value is -1.35. The highest BCUT2D eigenvalue weighted by Crippen LogP contribution is 2.37. The van der Waals surface area contributed by atoms with Gasteiger partial charge in [0.05, 0.1) is 12.5 Å². The van der Waals surface area contributed by atoms with Crippen LogP contribution in [0.2, 0.25) is 0 Å². The molecule has 0 saturated heterocycles. The Morgan fingerprint density at radius 3 is 2.70 bits per heavy atom. The molecule has 3 heteroatoms. The molecule has 3 rings (SSSR count). The monoisotopic (exact) mass is 273 g/mol. The van der Waals surface area contributed by atoms with Crippen molar-refractivity contribution in [3.05, 3.63) is 35.4 Å². The van der Waals surface area contributed by atoms with Gasteiger partial charge < -0.3 is 10.4 Å². The Morgan fingerprint density at radius 2 is 2.00 bits per heavy atom. The minimum atomic E-state index is -0.0722. The molecule has 0 radical (unpaired) electrons. The molecular weight excluding hydrogens is 250 g/mol. The fraction of sp³-hybridized carbons (Fsp3) is 0.588. The smallest absolute Gasteiger partial charge is 0.227 e. The summed E-state index contributed by atoms with van der Waals surface area (Å²) < 4.78 is 0. The van der Waals surface area contributed by atoms with Crippen LogP contribution in [-0.4, -0.2) is 24.2 Å². The number of hydrogen-bond donors (Lipinski definition) is 2. The minimum absolute atomic E-state index is 0.0190. The number of amides is 1. The molecule has 1 aromatic carbocycles. The van der Waals surface area contributed by atoms with E-state index in [1.54, 1.807) is 0 Å². The Kier molecular flexibility index (Phi) is 3.79. The lowest BCUT2D eigenvalue weighted by atomic mass is 9.74. The van der Waals surface area contributed by atoms with Gasteiger partial charge in [0.1, 0.15) is 0 Å². The summed E-state index contributed by atoms with van der Waals surface area (Å²) in [4.78, 5) is 12.3. The van der Waals surface area contributed by atoms with Gasteiger partial charge in [0, 0.05) is 12.0 Å². The van der Waals surface area contributed by atoms with Crippen molar-refractivity contribution in [2.75, 3.05) is 13.2 Å². The van der Waals surface area contributed by atoms with Gasteiger partial charge in [-0.2, -0.15) is 0 Å². The number of aliphatic hydroxyl groups is 1. The van der Waals surface area contributed by atoms with Crippen molar-refractivity contribution in [1.29, 1.82) is 0 Å². The summed E-state index contributed by atoms with van der Waals surface area (Å²) in [6, 6.07) is 8.16. The first kappa shape index (κ1) is 13.6. The third-order valence-electron chi connectivity index (χ3n) is 5.06. The second-order valence-electron chi connectivity index (χ2n) is 6.39. The quantitative estimate of drug-likeness (QED) is 0.885. The summed E-state index contributed by atoms with van der Waals surface area (Å²) in [5.41, 5.74) is 2.39. The van der Waals surface area contributed by atoms with Crippen molar-refractivity contribution < 1.29 is 9.90 Å². The molecule has 3 nitrogen and oxygen atoms in total. The summed E-state index contributed by atoms with van der Waals surface area (Å²) in [5, 5.41) is 12.8. The van der Waals surface area contributed by atoms with Crippen LogP contribution >= 0.6 is 0 Å². The maximum absolute atomic E-state index is 12.3. The van der Waals surface area contributed by atoms with Crippen LogP contribution in [0.25, 0.3) is 0 Å². The molecule has 1 saturated carbocycles. The van der Waals surface area contributed by atoms with E-state index in [0.717, 1.165) is 19.3 Å². The molecule has 0 aliphatic heterocycles. The van der Waals surface area contributed by atoms with Crippen LogP contribution < -0.4 is 5.32 Å². The Bertz CT molecular complexity index is 492. The van der Waals surface area contributed by atoms with E-state index in [2.05, 4.69) is 11.4 Å². The van der Waals surface area contributed by atoms with E-state index in [-0.39, 0.29) is 23.8 Å². The van der Waals surface area contributed by atoms with Gasteiger partial charge in [-0.3, -0.25) is 4.79 Å². The first-order valence-electron chi connectivity index (χ1n) is 7.70. The predicted molar refractivity (Wildman–Crippen MR) is 78.5 cm³/mol. The number of carbonyl (C=O) groups excluding carboxylic acids is 1. The zero-order valence-electron chi connectivity index (χ0n) is 11.9. The summed E-state index contributed by atoms with van der Waals surface area (Å²) in [6.45, 7) is 0.815. The van der Waals surface area contributed by atoms with E-state index in [9.17, 15) is 9.90 Å². The Morgan fingerprint density at radius 1 is 1.25 bits per heavy atom. The minimum Gasteiger partial charge on any atom is -0.396 e. The van der Waals surface area contributed by atoms with Crippen molar-refractivity contribution in [3.8, 4) is 0 Å². The van der Waals surface area contributed by atoms with Gasteiger partial charge in [0.2, 0.25) is 5.91 Å². The highest BCUT2D eigenvalue weighted by molar-refractivity contribution is 5.86. The second kappa shape index (κ2) is 5.57. The third kappa shape index (κ3) is 2.47. The molecule has 0 bridgehead atoms. The predicted octanol–water partition coefficient (Wildman–Crippen LogP) is 2.39. The van der Waals surface area contributed by atoms with E-state index in [0.29, 0.717) is 6.54 Å². The van der Waals surface area contributed by atoms with Crippen LogP contribution in [0.4, 0.5) is 0 Å². The Labute approximate surface area is 120 Å². The van der Waals surface area contributed by atoms with Crippen LogP contribution in [0.3, 0.4) is 0 Å². The normalized spacial score (nSPS) is 23.6. The average molecular weight is 273 g/mol. The van der Waals surface area contributed by atoms with Gasteiger partial charge in [-0.1, -0.05) is 43.5 Å². The first-order chi connectivity index (χ1) is 9.74. The molecule has 108 valence electrons. The summed E-state index contributed by atoms with van der Waals surface area (Å²) >= 11 is 0. The maximum Gasteiger partial charge on any atom is 0.227 e. The van der Waals surface area contributed by atoms with Crippen LogP contribution in [-0.2, 0) is 11.2 Å². The highest BCUT2D eigenvalue weighted by Gasteiger charge is 2.35. The molecule has 2 aliphatic carbocycles. The number of hydrogen-bond acceptors (Lipinski definition) is 2. The van der Waals surface area contributed by atoms with Crippen molar-refractivity contribution in [2.24, 2.45) is 5.41 Å². The largest absolute Gasteiger partial charge is 0.396 e. The number of aliphatic hydroxyl groups excluding tert-OH is 1. The second-order valence-corrected chi connectivity index (χ2v) is 6.39. The van der Waals surface area contributed by atoms with E-state index < -0.39 is 0 Å². The van der Waals surface area contributed by atoms with E-state index >= 15 is 0 Å². The van der Waals surface area contributed by atoms with Gasteiger partial charge in [0.15, 0.2) is 0 Å². The highest BCUT2D eigenvalue weighted by atomic mass is 16.3. The molecule has 1 aromatic rings. The van der Waals surface area contributed by atoms with Crippen LogP contribution in [0.1, 0.15) is 49.1 Å². The van der Waals surface area contributed by atoms with Gasteiger partial charge in [-0.15, -0.1) is 0 Å². The van der Waals surface area contributed by atoms with Gasteiger partial charge in [-0.05, 0) is 30.4 Å². The topological polar surface area (TPSA) is 49.3 Å². The number of carbonyl (C=O) groups is 1. The van der Waals surface area contributed by atoms with E-state index in [1.807, 2.05) is 18.2 Å². The molecular formula is C17H23NO2. The van der Waals surface area contributed by atoms with Gasteiger partial charge in [0.25, 0.3) is 0 Å². The molecule has 2 aliphatic rings. The standard InChI is InChI=1S/C17H23NO2/c19-12-17(8-4-1-5-9-17)11-18-16(20)15-10-13-6-2-3-7-14(13)15/h2-3,6-7,15,19H,1,4-5,8-12H2,(H,18,20). The van der Waals surface area contributed by atoms with Crippen LogP contribution in [0, 0.1) is 5.41 Å². The van der Waals surface area contributed by atoms with Crippen molar-refractivity contribution in [2.45, 2.75) is 44.4 Å². The molecule has 0 spiro atoms. The molecule has 20 heavy (non-hydrogen) atoms. The van der Waals surface area contributed by atoms with E-state index in [4.69, 9.17) is 0 Å². The fourth-order valence-electron chi connectivity index (χ4n) is 3.58. The Balaban J connectivity index is 1.58. The number of benzene rings is 1. The van der Waals surface area contributed by atoms with Crippen molar-refractivity contribution >= 4 is 5.91 Å². The number of fused-ring (bicyclic) bond motifs is 1. The van der Waals surface area contributed by atoms with Gasteiger partial charge >= 0.3 is 0 Å². The van der Waals surface area contributed by atoms with Crippen LogP contribution in [0.15, 0.2) is 24.3 Å². The molecule has 1 unspecified atom stereocenters. The zero-order chi connectivity index (χ0) is 14.0. The third-order valence-corrected chi connectivity index (χ3v) is 5.06. The number of nitrogens with one attached hydrogen (secondary N) is 1.